The highest BCUT2D eigenvalue weighted by Crippen LogP contribution is 2.42. The molecule has 128 valence electrons. The van der Waals surface area contributed by atoms with E-state index in [2.05, 4.69) is 4.98 Å². The molecule has 1 atom stereocenters. The van der Waals surface area contributed by atoms with Gasteiger partial charge in [-0.3, -0.25) is 15.1 Å². The predicted molar refractivity (Wildman–Crippen MR) is 84.2 cm³/mol. The highest BCUT2D eigenvalue weighted by Gasteiger charge is 2.37. The van der Waals surface area contributed by atoms with E-state index in [4.69, 9.17) is 11.6 Å². The van der Waals surface area contributed by atoms with Gasteiger partial charge < -0.3 is 4.90 Å². The third-order valence-corrected chi connectivity index (χ3v) is 3.96. The van der Waals surface area contributed by atoms with Gasteiger partial charge in [-0.2, -0.15) is 13.2 Å². The molecule has 1 aromatic heterocycles. The number of nitro benzene ring substituents is 1. The summed E-state index contributed by atoms with van der Waals surface area (Å²) in [4.78, 5) is 16.0. The second-order valence-corrected chi connectivity index (χ2v) is 5.52. The molecular formula is C15H13ClF3N3O2. The van der Waals surface area contributed by atoms with E-state index in [9.17, 15) is 23.3 Å². The SMILES string of the molecule is CC(c1ccccn1)N(C)c1cc(Cl)c(C(F)(F)F)cc1[N+](=O)[O-]. The lowest BCUT2D eigenvalue weighted by Gasteiger charge is -2.27. The molecule has 5 nitrogen and oxygen atoms in total. The summed E-state index contributed by atoms with van der Waals surface area (Å²) < 4.78 is 38.8. The van der Waals surface area contributed by atoms with Crippen molar-refractivity contribution < 1.29 is 18.1 Å². The summed E-state index contributed by atoms with van der Waals surface area (Å²) in [7, 11) is 1.53. The Kier molecular flexibility index (Phi) is 4.98. The van der Waals surface area contributed by atoms with E-state index >= 15 is 0 Å². The molecule has 2 aromatic rings. The summed E-state index contributed by atoms with van der Waals surface area (Å²) in [6.07, 6.45) is -3.21. The van der Waals surface area contributed by atoms with Gasteiger partial charge in [0.15, 0.2) is 0 Å². The second-order valence-electron chi connectivity index (χ2n) is 5.12. The molecule has 1 aromatic carbocycles. The fourth-order valence-electron chi connectivity index (χ4n) is 2.23. The van der Waals surface area contributed by atoms with Gasteiger partial charge in [0.2, 0.25) is 0 Å². The number of hydrogen-bond donors (Lipinski definition) is 0. The number of aromatic nitrogens is 1. The van der Waals surface area contributed by atoms with Crippen LogP contribution in [0.2, 0.25) is 5.02 Å². The van der Waals surface area contributed by atoms with Crippen molar-refractivity contribution in [1.29, 1.82) is 0 Å². The molecule has 0 radical (unpaired) electrons. The van der Waals surface area contributed by atoms with Gasteiger partial charge in [-0.1, -0.05) is 17.7 Å². The maximum absolute atomic E-state index is 12.9. The first-order chi connectivity index (χ1) is 11.1. The molecule has 1 heterocycles. The summed E-state index contributed by atoms with van der Waals surface area (Å²) in [6.45, 7) is 1.73. The van der Waals surface area contributed by atoms with Crippen LogP contribution in [0.4, 0.5) is 24.5 Å². The standard InChI is InChI=1S/C15H13ClF3N3O2/c1-9(12-5-3-4-6-20-12)21(2)13-8-11(16)10(15(17,18)19)7-14(13)22(23)24/h3-9H,1-2H3. The first kappa shape index (κ1) is 18.0. The molecule has 0 aliphatic carbocycles. The highest BCUT2D eigenvalue weighted by molar-refractivity contribution is 6.31. The fraction of sp³-hybridized carbons (Fsp3) is 0.267. The molecule has 0 N–H and O–H groups in total. The van der Waals surface area contributed by atoms with E-state index in [1.165, 1.54) is 11.9 Å². The molecule has 0 amide bonds. The second kappa shape index (κ2) is 6.64. The molecule has 0 bridgehead atoms. The molecule has 24 heavy (non-hydrogen) atoms. The Hall–Kier alpha value is -2.35. The van der Waals surface area contributed by atoms with Crippen LogP contribution in [0.15, 0.2) is 36.5 Å². The van der Waals surface area contributed by atoms with Crippen molar-refractivity contribution in [3.05, 3.63) is 62.9 Å². The molecule has 0 saturated heterocycles. The number of hydrogen-bond acceptors (Lipinski definition) is 4. The number of halogens is 4. The van der Waals surface area contributed by atoms with Crippen LogP contribution in [-0.2, 0) is 6.18 Å². The van der Waals surface area contributed by atoms with Gasteiger partial charge in [0.1, 0.15) is 5.69 Å². The van der Waals surface area contributed by atoms with E-state index < -0.39 is 33.4 Å². The number of alkyl halides is 3. The van der Waals surface area contributed by atoms with E-state index in [0.29, 0.717) is 11.8 Å². The first-order valence-corrected chi connectivity index (χ1v) is 7.19. The maximum Gasteiger partial charge on any atom is 0.418 e. The minimum absolute atomic E-state index is 0.0175. The van der Waals surface area contributed by atoms with Crippen LogP contribution in [0, 0.1) is 10.1 Å². The van der Waals surface area contributed by atoms with Crippen molar-refractivity contribution in [2.24, 2.45) is 0 Å². The number of pyridine rings is 1. The van der Waals surface area contributed by atoms with Crippen molar-refractivity contribution in [3.63, 3.8) is 0 Å². The molecule has 0 aliphatic heterocycles. The van der Waals surface area contributed by atoms with Gasteiger partial charge in [-0.25, -0.2) is 0 Å². The number of nitro groups is 1. The van der Waals surface area contributed by atoms with E-state index in [1.54, 1.807) is 31.3 Å². The minimum atomic E-state index is -4.77. The molecule has 1 unspecified atom stereocenters. The van der Waals surface area contributed by atoms with Crippen LogP contribution >= 0.6 is 11.6 Å². The van der Waals surface area contributed by atoms with Gasteiger partial charge >= 0.3 is 6.18 Å². The first-order valence-electron chi connectivity index (χ1n) is 6.81. The Morgan fingerprint density at radius 1 is 1.33 bits per heavy atom. The van der Waals surface area contributed by atoms with E-state index in [1.807, 2.05) is 0 Å². The number of anilines is 1. The highest BCUT2D eigenvalue weighted by atomic mass is 35.5. The van der Waals surface area contributed by atoms with E-state index in [0.717, 1.165) is 6.07 Å². The molecule has 2 rings (SSSR count). The lowest BCUT2D eigenvalue weighted by molar-refractivity contribution is -0.384. The van der Waals surface area contributed by atoms with Crippen LogP contribution in [0.1, 0.15) is 24.2 Å². The van der Waals surface area contributed by atoms with Crippen LogP contribution in [-0.4, -0.2) is 17.0 Å². The number of nitrogens with zero attached hydrogens (tertiary/aromatic N) is 3. The maximum atomic E-state index is 12.9. The Bertz CT molecular complexity index is 754. The van der Waals surface area contributed by atoms with Crippen molar-refractivity contribution in [2.45, 2.75) is 19.1 Å². The van der Waals surface area contributed by atoms with Crippen molar-refractivity contribution in [2.75, 3.05) is 11.9 Å². The minimum Gasteiger partial charge on any atom is -0.361 e. The monoisotopic (exact) mass is 359 g/mol. The molecule has 0 saturated carbocycles. The van der Waals surface area contributed by atoms with Gasteiger partial charge in [0.25, 0.3) is 5.69 Å². The largest absolute Gasteiger partial charge is 0.418 e. The molecule has 0 spiro atoms. The van der Waals surface area contributed by atoms with Gasteiger partial charge in [0.05, 0.1) is 27.2 Å². The van der Waals surface area contributed by atoms with Crippen LogP contribution in [0.3, 0.4) is 0 Å². The van der Waals surface area contributed by atoms with Gasteiger partial charge in [-0.15, -0.1) is 0 Å². The quantitative estimate of drug-likeness (QED) is 0.578. The third kappa shape index (κ3) is 3.59. The molecule has 0 fully saturated rings. The van der Waals surface area contributed by atoms with Crippen LogP contribution < -0.4 is 4.90 Å². The number of benzene rings is 1. The zero-order chi connectivity index (χ0) is 18.1. The van der Waals surface area contributed by atoms with E-state index in [-0.39, 0.29) is 5.69 Å². The zero-order valence-electron chi connectivity index (χ0n) is 12.7. The summed E-state index contributed by atoms with van der Waals surface area (Å²) in [5.41, 5.74) is -1.31. The average Bonchev–Trinajstić information content (AvgIpc) is 2.52. The molecule has 0 aliphatic rings. The van der Waals surface area contributed by atoms with Crippen molar-refractivity contribution >= 4 is 23.0 Å². The van der Waals surface area contributed by atoms with Crippen molar-refractivity contribution in [1.82, 2.24) is 4.98 Å². The van der Waals surface area contributed by atoms with Gasteiger partial charge in [0, 0.05) is 19.3 Å². The van der Waals surface area contributed by atoms with Crippen LogP contribution in [0.25, 0.3) is 0 Å². The Morgan fingerprint density at radius 2 is 2.00 bits per heavy atom. The summed E-state index contributed by atoms with van der Waals surface area (Å²) in [5, 5.41) is 10.6. The zero-order valence-corrected chi connectivity index (χ0v) is 13.5. The predicted octanol–water partition coefficient (Wildman–Crippen LogP) is 4.86. The molecule has 9 heteroatoms. The lowest BCUT2D eigenvalue weighted by Crippen LogP contribution is -2.23. The molecular weight excluding hydrogens is 347 g/mol. The Morgan fingerprint density at radius 3 is 2.50 bits per heavy atom. The average molecular weight is 360 g/mol. The normalized spacial score (nSPS) is 12.8. The van der Waals surface area contributed by atoms with Crippen molar-refractivity contribution in [3.8, 4) is 0 Å². The third-order valence-electron chi connectivity index (χ3n) is 3.64. The van der Waals surface area contributed by atoms with Crippen LogP contribution in [0.5, 0.6) is 0 Å². The van der Waals surface area contributed by atoms with Gasteiger partial charge in [-0.05, 0) is 25.1 Å². The smallest absolute Gasteiger partial charge is 0.361 e. The summed E-state index contributed by atoms with van der Waals surface area (Å²) in [5.74, 6) is 0. The Labute approximate surface area is 140 Å². The topological polar surface area (TPSA) is 59.3 Å². The Balaban J connectivity index is 2.53. The summed E-state index contributed by atoms with van der Waals surface area (Å²) >= 11 is 5.70. The number of rotatable bonds is 4. The summed E-state index contributed by atoms with van der Waals surface area (Å²) in [6, 6.07) is 6.20. The fourth-order valence-corrected chi connectivity index (χ4v) is 2.49. The lowest BCUT2D eigenvalue weighted by atomic mass is 10.1.